The summed E-state index contributed by atoms with van der Waals surface area (Å²) < 4.78 is 29.3. The lowest BCUT2D eigenvalue weighted by Gasteiger charge is -2.17. The van der Waals surface area contributed by atoms with Crippen molar-refractivity contribution in [3.8, 4) is 5.88 Å². The summed E-state index contributed by atoms with van der Waals surface area (Å²) in [4.78, 5) is 9.08. The minimum absolute atomic E-state index is 0.359. The van der Waals surface area contributed by atoms with Crippen LogP contribution in [0.25, 0.3) is 0 Å². The molecule has 0 bridgehead atoms. The lowest BCUT2D eigenvalue weighted by atomic mass is 10.5. The Morgan fingerprint density at radius 2 is 2.20 bits per heavy atom. The van der Waals surface area contributed by atoms with Gasteiger partial charge in [0.15, 0.2) is 0 Å². The van der Waals surface area contributed by atoms with Crippen LogP contribution in [0.2, 0.25) is 0 Å². The average molecular weight is 217 g/mol. The van der Waals surface area contributed by atoms with Gasteiger partial charge < -0.3 is 9.64 Å². The van der Waals surface area contributed by atoms with Crippen molar-refractivity contribution in [2.45, 2.75) is 13.3 Å². The molecule has 1 aromatic rings. The molecular formula is C9H13F2N3O. The number of ether oxygens (including phenoxy) is 1. The zero-order valence-corrected chi connectivity index (χ0v) is 8.65. The topological polar surface area (TPSA) is 38.2 Å². The molecule has 1 aromatic heterocycles. The van der Waals surface area contributed by atoms with Crippen LogP contribution in [0.3, 0.4) is 0 Å². The number of aromatic nitrogens is 2. The van der Waals surface area contributed by atoms with Crippen molar-refractivity contribution < 1.29 is 13.5 Å². The second-order valence-electron chi connectivity index (χ2n) is 2.92. The average Bonchev–Trinajstić information content (AvgIpc) is 2.17. The number of hydrogen-bond acceptors (Lipinski definition) is 4. The summed E-state index contributed by atoms with van der Waals surface area (Å²) in [7, 11) is 1.55. The minimum atomic E-state index is -2.39. The Bertz CT molecular complexity index is 309. The summed E-state index contributed by atoms with van der Waals surface area (Å²) in [5, 5.41) is 0. The molecule has 4 nitrogen and oxygen atoms in total. The van der Waals surface area contributed by atoms with Gasteiger partial charge in [0.25, 0.3) is 6.43 Å². The van der Waals surface area contributed by atoms with Crippen LogP contribution in [0, 0.1) is 0 Å². The van der Waals surface area contributed by atoms with Crippen LogP contribution in [0.1, 0.15) is 6.92 Å². The molecular weight excluding hydrogens is 204 g/mol. The summed E-state index contributed by atoms with van der Waals surface area (Å²) >= 11 is 0. The Balaban J connectivity index is 2.71. The van der Waals surface area contributed by atoms with Gasteiger partial charge in [0.2, 0.25) is 5.88 Å². The summed E-state index contributed by atoms with van der Waals surface area (Å²) in [5.41, 5.74) is 0. The highest BCUT2D eigenvalue weighted by atomic mass is 19.3. The maximum atomic E-state index is 12.1. The van der Waals surface area contributed by atoms with E-state index in [1.807, 2.05) is 6.92 Å². The quantitative estimate of drug-likeness (QED) is 0.750. The van der Waals surface area contributed by atoms with Gasteiger partial charge in [-0.15, -0.1) is 0 Å². The number of nitrogens with zero attached hydrogens (tertiary/aromatic N) is 3. The van der Waals surface area contributed by atoms with Crippen molar-refractivity contribution in [3.63, 3.8) is 0 Å². The number of hydrogen-bond donors (Lipinski definition) is 0. The first-order chi connectivity index (χ1) is 7.13. The highest BCUT2D eigenvalue weighted by Gasteiger charge is 2.10. The molecule has 0 spiro atoms. The molecule has 0 aromatic carbocycles. The van der Waals surface area contributed by atoms with E-state index < -0.39 is 6.43 Å². The SMILES string of the molecule is CCOc1cc(N(C)CC(F)F)ncn1. The maximum absolute atomic E-state index is 12.1. The third-order valence-electron chi connectivity index (χ3n) is 1.72. The Morgan fingerprint density at radius 3 is 2.80 bits per heavy atom. The molecule has 0 fully saturated rings. The highest BCUT2D eigenvalue weighted by Crippen LogP contribution is 2.15. The Morgan fingerprint density at radius 1 is 1.47 bits per heavy atom. The lowest BCUT2D eigenvalue weighted by Crippen LogP contribution is -2.24. The first kappa shape index (κ1) is 11.6. The second-order valence-corrected chi connectivity index (χ2v) is 2.92. The van der Waals surface area contributed by atoms with Crippen molar-refractivity contribution in [1.29, 1.82) is 0 Å². The predicted octanol–water partition coefficient (Wildman–Crippen LogP) is 1.58. The summed E-state index contributed by atoms with van der Waals surface area (Å²) in [6.45, 7) is 1.95. The third kappa shape index (κ3) is 3.65. The minimum Gasteiger partial charge on any atom is -0.478 e. The number of anilines is 1. The molecule has 0 aliphatic carbocycles. The van der Waals surface area contributed by atoms with Crippen molar-refractivity contribution in [1.82, 2.24) is 9.97 Å². The normalized spacial score (nSPS) is 10.5. The van der Waals surface area contributed by atoms with Gasteiger partial charge in [0, 0.05) is 13.1 Å². The molecule has 0 saturated heterocycles. The van der Waals surface area contributed by atoms with E-state index in [1.165, 1.54) is 17.3 Å². The van der Waals surface area contributed by atoms with Crippen LogP contribution >= 0.6 is 0 Å². The number of alkyl halides is 2. The molecule has 0 saturated carbocycles. The van der Waals surface area contributed by atoms with Gasteiger partial charge in [0.1, 0.15) is 12.1 Å². The van der Waals surface area contributed by atoms with Gasteiger partial charge in [0.05, 0.1) is 13.2 Å². The van der Waals surface area contributed by atoms with Crippen molar-refractivity contribution >= 4 is 5.82 Å². The molecule has 0 radical (unpaired) electrons. The van der Waals surface area contributed by atoms with Gasteiger partial charge in [-0.3, -0.25) is 0 Å². The predicted molar refractivity (Wildman–Crippen MR) is 52.5 cm³/mol. The summed E-state index contributed by atoms with van der Waals surface area (Å²) in [6.07, 6.45) is -1.09. The molecule has 0 aliphatic rings. The van der Waals surface area contributed by atoms with Gasteiger partial charge in [-0.25, -0.2) is 18.7 Å². The van der Waals surface area contributed by atoms with E-state index in [1.54, 1.807) is 7.05 Å². The standard InChI is InChI=1S/C9H13F2N3O/c1-3-15-9-4-8(12-6-13-9)14(2)5-7(10)11/h4,6-7H,3,5H2,1-2H3. The molecule has 84 valence electrons. The molecule has 1 rings (SSSR count). The van der Waals surface area contributed by atoms with Crippen LogP contribution in [0.15, 0.2) is 12.4 Å². The van der Waals surface area contributed by atoms with E-state index >= 15 is 0 Å². The fourth-order valence-corrected chi connectivity index (χ4v) is 1.07. The zero-order valence-electron chi connectivity index (χ0n) is 8.65. The first-order valence-corrected chi connectivity index (χ1v) is 4.57. The van der Waals surface area contributed by atoms with E-state index in [4.69, 9.17) is 4.74 Å². The fourth-order valence-electron chi connectivity index (χ4n) is 1.07. The Hall–Kier alpha value is -1.46. The van der Waals surface area contributed by atoms with E-state index in [9.17, 15) is 8.78 Å². The Kier molecular flexibility index (Phi) is 4.20. The van der Waals surface area contributed by atoms with Gasteiger partial charge >= 0.3 is 0 Å². The molecule has 6 heteroatoms. The van der Waals surface area contributed by atoms with Gasteiger partial charge in [-0.05, 0) is 6.92 Å². The number of rotatable bonds is 5. The smallest absolute Gasteiger partial charge is 0.255 e. The van der Waals surface area contributed by atoms with Crippen molar-refractivity contribution in [3.05, 3.63) is 12.4 Å². The van der Waals surface area contributed by atoms with Crippen LogP contribution in [-0.2, 0) is 0 Å². The largest absolute Gasteiger partial charge is 0.478 e. The van der Waals surface area contributed by atoms with Crippen molar-refractivity contribution in [2.24, 2.45) is 0 Å². The molecule has 1 heterocycles. The first-order valence-electron chi connectivity index (χ1n) is 4.57. The van der Waals surface area contributed by atoms with Crippen molar-refractivity contribution in [2.75, 3.05) is 25.1 Å². The second kappa shape index (κ2) is 5.43. The van der Waals surface area contributed by atoms with Gasteiger partial charge in [-0.1, -0.05) is 0 Å². The van der Waals surface area contributed by atoms with E-state index in [2.05, 4.69) is 9.97 Å². The highest BCUT2D eigenvalue weighted by molar-refractivity contribution is 5.39. The van der Waals surface area contributed by atoms with E-state index in [0.717, 1.165) is 0 Å². The zero-order chi connectivity index (χ0) is 11.3. The lowest BCUT2D eigenvalue weighted by molar-refractivity contribution is 0.156. The van der Waals surface area contributed by atoms with Gasteiger partial charge in [-0.2, -0.15) is 0 Å². The number of halogens is 2. The Labute approximate surface area is 86.9 Å². The molecule has 0 amide bonds. The van der Waals surface area contributed by atoms with Crippen LogP contribution in [0.4, 0.5) is 14.6 Å². The maximum Gasteiger partial charge on any atom is 0.255 e. The third-order valence-corrected chi connectivity index (χ3v) is 1.72. The van der Waals surface area contributed by atoms with Crippen LogP contribution in [-0.4, -0.2) is 36.6 Å². The summed E-state index contributed by atoms with van der Waals surface area (Å²) in [6, 6.07) is 1.53. The van der Waals surface area contributed by atoms with Crippen LogP contribution < -0.4 is 9.64 Å². The molecule has 0 N–H and O–H groups in total. The fraction of sp³-hybridized carbons (Fsp3) is 0.556. The molecule has 0 aliphatic heterocycles. The van der Waals surface area contributed by atoms with E-state index in [-0.39, 0.29) is 6.54 Å². The monoisotopic (exact) mass is 217 g/mol. The van der Waals surface area contributed by atoms with E-state index in [0.29, 0.717) is 18.3 Å². The molecule has 0 unspecified atom stereocenters. The molecule has 0 atom stereocenters. The molecule has 15 heavy (non-hydrogen) atoms. The summed E-state index contributed by atoms with van der Waals surface area (Å²) in [5.74, 6) is 0.817. The van der Waals surface area contributed by atoms with Crippen LogP contribution in [0.5, 0.6) is 5.88 Å².